The van der Waals surface area contributed by atoms with Gasteiger partial charge in [-0.05, 0) is 20.3 Å². The predicted octanol–water partition coefficient (Wildman–Crippen LogP) is 2.14. The second-order valence-electron chi connectivity index (χ2n) is 7.23. The minimum Gasteiger partial charge on any atom is -0.464 e. The number of anilines is 1. The van der Waals surface area contributed by atoms with Gasteiger partial charge in [-0.25, -0.2) is 20.0 Å². The highest BCUT2D eigenvalue weighted by Gasteiger charge is 2.20. The molecule has 4 unspecified atom stereocenters. The standard InChI is InChI=1S/C18H31N6O5P/c1-6-14(8-28-30(26)23-12(4)7-27-18(25)11(2)3)29-13(5)24-10-22-15-16(19)20-9-21-17(15)24/h9-14,23,26H,6-8H2,1-5H3,(H2,19,20,21). The fraction of sp³-hybridized carbons (Fsp3) is 0.667. The molecule has 2 heterocycles. The maximum absolute atomic E-state index is 11.5. The fourth-order valence-corrected chi connectivity index (χ4v) is 3.36. The van der Waals surface area contributed by atoms with Gasteiger partial charge in [0, 0.05) is 6.04 Å². The average molecular weight is 442 g/mol. The quantitative estimate of drug-likeness (QED) is 0.330. The zero-order chi connectivity index (χ0) is 22.3. The number of aromatic nitrogens is 4. The first-order valence-corrected chi connectivity index (χ1v) is 11.1. The van der Waals surface area contributed by atoms with Crippen LogP contribution in [0.5, 0.6) is 0 Å². The Labute approximate surface area is 177 Å². The number of carbonyl (C=O) groups excluding carboxylic acids is 1. The van der Waals surface area contributed by atoms with Gasteiger partial charge in [0.25, 0.3) is 8.53 Å². The summed E-state index contributed by atoms with van der Waals surface area (Å²) in [7, 11) is -1.88. The molecule has 0 saturated heterocycles. The number of hydrogen-bond donors (Lipinski definition) is 3. The maximum atomic E-state index is 11.5. The Bertz CT molecular complexity index is 819. The molecule has 0 spiro atoms. The molecule has 12 heteroatoms. The summed E-state index contributed by atoms with van der Waals surface area (Å²) >= 11 is 0. The zero-order valence-electron chi connectivity index (χ0n) is 18.0. The van der Waals surface area contributed by atoms with E-state index in [-0.39, 0.29) is 43.5 Å². The van der Waals surface area contributed by atoms with Gasteiger partial charge in [0.2, 0.25) is 0 Å². The summed E-state index contributed by atoms with van der Waals surface area (Å²) in [6.07, 6.45) is 3.04. The van der Waals surface area contributed by atoms with Crippen LogP contribution >= 0.6 is 8.53 Å². The van der Waals surface area contributed by atoms with Gasteiger partial charge in [0.1, 0.15) is 24.7 Å². The number of nitrogens with zero attached hydrogens (tertiary/aromatic N) is 4. The van der Waals surface area contributed by atoms with Crippen LogP contribution in [0.2, 0.25) is 0 Å². The number of ether oxygens (including phenoxy) is 2. The Kier molecular flexibility index (Phi) is 9.32. The van der Waals surface area contributed by atoms with E-state index in [4.69, 9.17) is 19.7 Å². The predicted molar refractivity (Wildman–Crippen MR) is 113 cm³/mol. The lowest BCUT2D eigenvalue weighted by Gasteiger charge is -2.24. The van der Waals surface area contributed by atoms with Gasteiger partial charge in [-0.15, -0.1) is 0 Å². The van der Waals surface area contributed by atoms with Crippen LogP contribution in [0.4, 0.5) is 5.82 Å². The Morgan fingerprint density at radius 1 is 1.27 bits per heavy atom. The van der Waals surface area contributed by atoms with E-state index >= 15 is 0 Å². The number of rotatable bonds is 12. The lowest BCUT2D eigenvalue weighted by atomic mass is 10.2. The van der Waals surface area contributed by atoms with Crippen LogP contribution in [0.3, 0.4) is 0 Å². The van der Waals surface area contributed by atoms with Crippen molar-refractivity contribution in [3.05, 3.63) is 12.7 Å². The third-order valence-electron chi connectivity index (χ3n) is 4.28. The molecule has 11 nitrogen and oxygen atoms in total. The number of carbonyl (C=O) groups is 1. The molecule has 2 aromatic heterocycles. The number of nitrogens with two attached hydrogens (primary N) is 1. The topological polar surface area (TPSA) is 147 Å². The number of hydrogen-bond acceptors (Lipinski definition) is 10. The van der Waals surface area contributed by atoms with Crippen LogP contribution in [-0.4, -0.2) is 55.7 Å². The van der Waals surface area contributed by atoms with E-state index < -0.39 is 8.53 Å². The van der Waals surface area contributed by atoms with E-state index in [1.54, 1.807) is 31.7 Å². The van der Waals surface area contributed by atoms with E-state index in [9.17, 15) is 9.69 Å². The second kappa shape index (κ2) is 11.5. The highest BCUT2D eigenvalue weighted by Crippen LogP contribution is 2.28. The minimum absolute atomic E-state index is 0.156. The Balaban J connectivity index is 1.82. The summed E-state index contributed by atoms with van der Waals surface area (Å²) in [5.41, 5.74) is 6.93. The van der Waals surface area contributed by atoms with Gasteiger partial charge >= 0.3 is 5.97 Å². The molecular weight excluding hydrogens is 411 g/mol. The molecule has 0 saturated carbocycles. The van der Waals surface area contributed by atoms with Crippen molar-refractivity contribution < 1.29 is 23.7 Å². The molecule has 0 amide bonds. The SMILES string of the molecule is CCC(COP(O)NC(C)COC(=O)C(C)C)OC(C)n1cnc2c(N)ncnc21. The zero-order valence-corrected chi connectivity index (χ0v) is 18.9. The van der Waals surface area contributed by atoms with Crippen LogP contribution < -0.4 is 10.8 Å². The van der Waals surface area contributed by atoms with Crippen molar-refractivity contribution in [2.24, 2.45) is 5.92 Å². The number of fused-ring (bicyclic) bond motifs is 1. The van der Waals surface area contributed by atoms with Crippen molar-refractivity contribution in [3.8, 4) is 0 Å². The normalized spacial score (nSPS) is 15.8. The van der Waals surface area contributed by atoms with Crippen LogP contribution in [0, 0.1) is 5.92 Å². The van der Waals surface area contributed by atoms with Gasteiger partial charge in [-0.2, -0.15) is 0 Å². The summed E-state index contributed by atoms with van der Waals surface area (Å²) in [5.74, 6) is -0.158. The molecule has 0 bridgehead atoms. The summed E-state index contributed by atoms with van der Waals surface area (Å²) in [6, 6.07) is -0.244. The number of nitrogen functional groups attached to an aromatic ring is 1. The highest BCUT2D eigenvalue weighted by molar-refractivity contribution is 7.43. The summed E-state index contributed by atoms with van der Waals surface area (Å²) in [6.45, 7) is 9.52. The van der Waals surface area contributed by atoms with Gasteiger partial charge in [0.05, 0.1) is 25.0 Å². The summed E-state index contributed by atoms with van der Waals surface area (Å²) < 4.78 is 18.5. The molecule has 0 fully saturated rings. The van der Waals surface area contributed by atoms with Gasteiger partial charge in [-0.1, -0.05) is 20.8 Å². The third-order valence-corrected chi connectivity index (χ3v) is 5.34. The summed E-state index contributed by atoms with van der Waals surface area (Å²) in [5, 5.41) is 2.88. The Morgan fingerprint density at radius 2 is 2.00 bits per heavy atom. The minimum atomic E-state index is -1.88. The molecule has 4 atom stereocenters. The number of imidazole rings is 1. The van der Waals surface area contributed by atoms with Crippen molar-refractivity contribution in [2.75, 3.05) is 18.9 Å². The molecule has 2 aromatic rings. The van der Waals surface area contributed by atoms with Crippen LogP contribution in [0.25, 0.3) is 11.2 Å². The van der Waals surface area contributed by atoms with Gasteiger partial charge in [-0.3, -0.25) is 9.36 Å². The van der Waals surface area contributed by atoms with Crippen molar-refractivity contribution in [2.45, 2.75) is 59.4 Å². The number of esters is 1. The van der Waals surface area contributed by atoms with Gasteiger partial charge in [0.15, 0.2) is 11.5 Å². The van der Waals surface area contributed by atoms with E-state index in [1.165, 1.54) is 6.33 Å². The van der Waals surface area contributed by atoms with E-state index in [0.717, 1.165) is 0 Å². The van der Waals surface area contributed by atoms with Crippen molar-refractivity contribution in [3.63, 3.8) is 0 Å². The molecule has 0 radical (unpaired) electrons. The number of nitrogens with one attached hydrogen (secondary N) is 1. The molecule has 0 aliphatic heterocycles. The molecule has 168 valence electrons. The third kappa shape index (κ3) is 6.82. The van der Waals surface area contributed by atoms with Crippen LogP contribution in [0.1, 0.15) is 47.3 Å². The molecule has 4 N–H and O–H groups in total. The molecule has 0 aromatic carbocycles. The first kappa shape index (κ1) is 24.4. The van der Waals surface area contributed by atoms with Crippen molar-refractivity contribution in [1.29, 1.82) is 0 Å². The van der Waals surface area contributed by atoms with Crippen LogP contribution in [0.15, 0.2) is 12.7 Å². The van der Waals surface area contributed by atoms with E-state index in [2.05, 4.69) is 20.0 Å². The van der Waals surface area contributed by atoms with E-state index in [1.807, 2.05) is 13.8 Å². The van der Waals surface area contributed by atoms with Crippen molar-refractivity contribution in [1.82, 2.24) is 24.6 Å². The van der Waals surface area contributed by atoms with Crippen molar-refractivity contribution >= 4 is 31.5 Å². The Morgan fingerprint density at radius 3 is 2.67 bits per heavy atom. The smallest absolute Gasteiger partial charge is 0.308 e. The lowest BCUT2D eigenvalue weighted by molar-refractivity contribution is -0.147. The first-order valence-electron chi connectivity index (χ1n) is 9.86. The second-order valence-corrected chi connectivity index (χ2v) is 8.29. The monoisotopic (exact) mass is 442 g/mol. The largest absolute Gasteiger partial charge is 0.464 e. The first-order chi connectivity index (χ1) is 14.2. The van der Waals surface area contributed by atoms with Crippen LogP contribution in [-0.2, 0) is 18.8 Å². The van der Waals surface area contributed by atoms with Gasteiger partial charge < -0.3 is 24.6 Å². The molecular formula is C18H31N6O5P. The molecule has 30 heavy (non-hydrogen) atoms. The Hall–Kier alpha value is -1.91. The lowest BCUT2D eigenvalue weighted by Crippen LogP contribution is -2.30. The summed E-state index contributed by atoms with van der Waals surface area (Å²) in [4.78, 5) is 34.0. The molecule has 2 rings (SSSR count). The highest BCUT2D eigenvalue weighted by atomic mass is 31.2. The molecule has 0 aliphatic rings. The molecule has 0 aliphatic carbocycles. The van der Waals surface area contributed by atoms with E-state index in [0.29, 0.717) is 23.4 Å². The maximum Gasteiger partial charge on any atom is 0.308 e. The fourth-order valence-electron chi connectivity index (χ4n) is 2.52. The average Bonchev–Trinajstić information content (AvgIpc) is 3.14.